The summed E-state index contributed by atoms with van der Waals surface area (Å²) in [4.78, 5) is 20.2. The molecule has 0 aliphatic heterocycles. The summed E-state index contributed by atoms with van der Waals surface area (Å²) < 4.78 is 1.77. The zero-order valence-electron chi connectivity index (χ0n) is 16.9. The fourth-order valence-corrected chi connectivity index (χ4v) is 3.24. The van der Waals surface area contributed by atoms with Crippen LogP contribution in [0.2, 0.25) is 0 Å². The summed E-state index contributed by atoms with van der Waals surface area (Å²) in [6.07, 6.45) is 5.44. The predicted molar refractivity (Wildman–Crippen MR) is 115 cm³/mol. The van der Waals surface area contributed by atoms with E-state index >= 15 is 0 Å². The fraction of sp³-hybridized carbons (Fsp3) is 0.318. The van der Waals surface area contributed by atoms with Crippen LogP contribution < -0.4 is 10.9 Å². The minimum Gasteiger partial charge on any atom is -0.367 e. The van der Waals surface area contributed by atoms with Gasteiger partial charge in [-0.25, -0.2) is 4.98 Å². The van der Waals surface area contributed by atoms with Gasteiger partial charge in [-0.1, -0.05) is 32.9 Å². The van der Waals surface area contributed by atoms with E-state index in [9.17, 15) is 4.79 Å². The van der Waals surface area contributed by atoms with E-state index in [-0.39, 0.29) is 17.0 Å². The number of pyridine rings is 2. The Morgan fingerprint density at radius 1 is 1.14 bits per heavy atom. The fourth-order valence-electron chi connectivity index (χ4n) is 3.24. The quantitative estimate of drug-likeness (QED) is 0.523. The number of rotatable bonds is 3. The van der Waals surface area contributed by atoms with Crippen molar-refractivity contribution in [2.75, 3.05) is 5.32 Å². The monoisotopic (exact) mass is 375 g/mol. The molecule has 3 heterocycles. The van der Waals surface area contributed by atoms with Crippen molar-refractivity contribution in [2.45, 2.75) is 33.7 Å². The first kappa shape index (κ1) is 18.2. The lowest BCUT2D eigenvalue weighted by Crippen LogP contribution is -2.31. The Hall–Kier alpha value is -3.15. The first-order valence-electron chi connectivity index (χ1n) is 9.45. The third kappa shape index (κ3) is 3.15. The molecule has 0 aliphatic rings. The average Bonchev–Trinajstić information content (AvgIpc) is 3.07. The van der Waals surface area contributed by atoms with E-state index in [0.717, 1.165) is 27.7 Å². The van der Waals surface area contributed by atoms with Crippen molar-refractivity contribution in [3.8, 4) is 11.1 Å². The van der Waals surface area contributed by atoms with E-state index in [1.807, 2.05) is 31.6 Å². The first-order valence-corrected chi connectivity index (χ1v) is 9.45. The van der Waals surface area contributed by atoms with Crippen LogP contribution in [0.15, 0.2) is 47.7 Å². The van der Waals surface area contributed by atoms with Crippen LogP contribution >= 0.6 is 0 Å². The molecule has 144 valence electrons. The van der Waals surface area contributed by atoms with Gasteiger partial charge in [0.15, 0.2) is 0 Å². The summed E-state index contributed by atoms with van der Waals surface area (Å²) in [5, 5.41) is 10.3. The van der Waals surface area contributed by atoms with E-state index in [1.165, 1.54) is 0 Å². The second-order valence-corrected chi connectivity index (χ2v) is 8.42. The van der Waals surface area contributed by atoms with E-state index in [1.54, 1.807) is 10.9 Å². The van der Waals surface area contributed by atoms with Gasteiger partial charge in [-0.2, -0.15) is 5.10 Å². The minimum atomic E-state index is -0.131. The van der Waals surface area contributed by atoms with Crippen molar-refractivity contribution < 1.29 is 0 Å². The number of fused-ring (bicyclic) bond motifs is 3. The normalized spacial score (nSPS) is 13.2. The van der Waals surface area contributed by atoms with Gasteiger partial charge in [-0.05, 0) is 30.0 Å². The summed E-state index contributed by atoms with van der Waals surface area (Å²) in [5.41, 5.74) is 2.66. The van der Waals surface area contributed by atoms with Gasteiger partial charge in [-0.3, -0.25) is 9.48 Å². The van der Waals surface area contributed by atoms with Crippen LogP contribution in [-0.4, -0.2) is 25.8 Å². The van der Waals surface area contributed by atoms with Crippen LogP contribution in [-0.2, 0) is 7.05 Å². The maximum Gasteiger partial charge on any atom is 0.258 e. The van der Waals surface area contributed by atoms with Crippen molar-refractivity contribution >= 4 is 27.5 Å². The molecule has 4 aromatic rings. The highest BCUT2D eigenvalue weighted by atomic mass is 16.1. The molecule has 1 unspecified atom stereocenters. The molecular weight excluding hydrogens is 350 g/mol. The Morgan fingerprint density at radius 3 is 2.61 bits per heavy atom. The van der Waals surface area contributed by atoms with Gasteiger partial charge in [0.25, 0.3) is 5.56 Å². The summed E-state index contributed by atoms with van der Waals surface area (Å²) in [6, 6.07) is 8.20. The van der Waals surface area contributed by atoms with E-state index in [2.05, 4.69) is 55.2 Å². The molecule has 2 N–H and O–H groups in total. The van der Waals surface area contributed by atoms with Crippen molar-refractivity contribution in [1.82, 2.24) is 19.7 Å². The lowest BCUT2D eigenvalue weighted by Gasteiger charge is -2.29. The van der Waals surface area contributed by atoms with Gasteiger partial charge >= 0.3 is 0 Å². The van der Waals surface area contributed by atoms with Gasteiger partial charge in [0.1, 0.15) is 5.82 Å². The average molecular weight is 375 g/mol. The van der Waals surface area contributed by atoms with Crippen molar-refractivity contribution in [3.05, 3.63) is 53.2 Å². The molecule has 0 spiro atoms. The molecule has 1 atom stereocenters. The highest BCUT2D eigenvalue weighted by Crippen LogP contribution is 2.33. The van der Waals surface area contributed by atoms with Crippen LogP contribution in [0.25, 0.3) is 32.8 Å². The summed E-state index contributed by atoms with van der Waals surface area (Å²) in [5.74, 6) is 0.799. The Bertz CT molecular complexity index is 1230. The maximum absolute atomic E-state index is 12.6. The van der Waals surface area contributed by atoms with Crippen LogP contribution in [0.3, 0.4) is 0 Å². The van der Waals surface area contributed by atoms with Gasteiger partial charge in [0.05, 0.1) is 17.1 Å². The third-order valence-corrected chi connectivity index (χ3v) is 5.41. The molecular formula is C22H25N5O. The number of anilines is 1. The minimum absolute atomic E-state index is 0.0762. The molecule has 6 heteroatoms. The van der Waals surface area contributed by atoms with Gasteiger partial charge in [-0.15, -0.1) is 0 Å². The molecule has 0 saturated carbocycles. The molecule has 1 aromatic carbocycles. The predicted octanol–water partition coefficient (Wildman–Crippen LogP) is 4.32. The number of hydrogen-bond acceptors (Lipinski definition) is 4. The van der Waals surface area contributed by atoms with Crippen molar-refractivity contribution in [2.24, 2.45) is 12.5 Å². The highest BCUT2D eigenvalue weighted by Gasteiger charge is 2.22. The Kier molecular flexibility index (Phi) is 4.22. The Balaban J connectivity index is 1.99. The van der Waals surface area contributed by atoms with Crippen molar-refractivity contribution in [1.29, 1.82) is 0 Å². The van der Waals surface area contributed by atoms with E-state index in [4.69, 9.17) is 4.98 Å². The number of H-pyrrole nitrogens is 1. The van der Waals surface area contributed by atoms with E-state index in [0.29, 0.717) is 10.9 Å². The number of nitrogens with one attached hydrogen (secondary N) is 2. The molecule has 0 aliphatic carbocycles. The third-order valence-electron chi connectivity index (χ3n) is 5.41. The highest BCUT2D eigenvalue weighted by molar-refractivity contribution is 6.10. The maximum atomic E-state index is 12.6. The summed E-state index contributed by atoms with van der Waals surface area (Å²) in [7, 11) is 1.89. The summed E-state index contributed by atoms with van der Waals surface area (Å²) >= 11 is 0. The lowest BCUT2D eigenvalue weighted by atomic mass is 9.88. The molecule has 28 heavy (non-hydrogen) atoms. The Labute approximate surface area is 163 Å². The zero-order chi connectivity index (χ0) is 20.1. The molecule has 0 fully saturated rings. The second-order valence-electron chi connectivity index (χ2n) is 8.42. The SMILES string of the molecule is CC(Nc1nc2cc[nH]c(=O)c2c2cc(-c3cnn(C)c3)ccc12)C(C)(C)C. The molecule has 0 saturated heterocycles. The van der Waals surface area contributed by atoms with E-state index < -0.39 is 0 Å². The molecule has 6 nitrogen and oxygen atoms in total. The van der Waals surface area contributed by atoms with Crippen LogP contribution in [0.4, 0.5) is 5.82 Å². The van der Waals surface area contributed by atoms with Crippen LogP contribution in [0.1, 0.15) is 27.7 Å². The zero-order valence-corrected chi connectivity index (χ0v) is 16.9. The largest absolute Gasteiger partial charge is 0.367 e. The Morgan fingerprint density at radius 2 is 1.93 bits per heavy atom. The smallest absolute Gasteiger partial charge is 0.258 e. The number of hydrogen-bond donors (Lipinski definition) is 2. The van der Waals surface area contributed by atoms with Gasteiger partial charge < -0.3 is 10.3 Å². The van der Waals surface area contributed by atoms with Crippen LogP contribution in [0.5, 0.6) is 0 Å². The van der Waals surface area contributed by atoms with Crippen molar-refractivity contribution in [3.63, 3.8) is 0 Å². The molecule has 0 amide bonds. The molecule has 4 rings (SSSR count). The number of aryl methyl sites for hydroxylation is 1. The van der Waals surface area contributed by atoms with Gasteiger partial charge in [0.2, 0.25) is 0 Å². The lowest BCUT2D eigenvalue weighted by molar-refractivity contribution is 0.359. The number of nitrogens with zero attached hydrogens (tertiary/aromatic N) is 3. The number of aromatic amines is 1. The molecule has 3 aromatic heterocycles. The van der Waals surface area contributed by atoms with Gasteiger partial charge in [0, 0.05) is 41.8 Å². The first-order chi connectivity index (χ1) is 13.2. The number of benzene rings is 1. The molecule has 0 radical (unpaired) electrons. The van der Waals surface area contributed by atoms with Crippen LogP contribution in [0, 0.1) is 5.41 Å². The second kappa shape index (κ2) is 6.48. The number of aromatic nitrogens is 4. The molecule has 0 bridgehead atoms. The standard InChI is InChI=1S/C22H25N5O/c1-13(22(2,3)4)25-20-16-7-6-14(15-11-24-27(5)12-15)10-17(16)19-18(26-20)8-9-23-21(19)28/h6-13H,1-5H3,(H,23,28)(H,25,26). The summed E-state index contributed by atoms with van der Waals surface area (Å²) in [6.45, 7) is 8.73. The topological polar surface area (TPSA) is 75.6 Å².